The van der Waals surface area contributed by atoms with Crippen molar-refractivity contribution in [1.82, 2.24) is 9.88 Å². The smallest absolute Gasteiger partial charge is 0.219 e. The summed E-state index contributed by atoms with van der Waals surface area (Å²) >= 11 is 1.73. The molecule has 3 heterocycles. The molecule has 2 N–H and O–H groups in total. The van der Waals surface area contributed by atoms with Crippen LogP contribution in [0.4, 0.5) is 11.5 Å². The van der Waals surface area contributed by atoms with Crippen LogP contribution in [0.1, 0.15) is 6.92 Å². The molecule has 1 saturated heterocycles. The third kappa shape index (κ3) is 2.39. The van der Waals surface area contributed by atoms with Gasteiger partial charge in [-0.1, -0.05) is 0 Å². The number of aromatic nitrogens is 1. The molecule has 1 aliphatic rings. The van der Waals surface area contributed by atoms with E-state index < -0.39 is 0 Å². The molecule has 4 rings (SSSR count). The summed E-state index contributed by atoms with van der Waals surface area (Å²) < 4.78 is 1.25. The van der Waals surface area contributed by atoms with Gasteiger partial charge in [-0.05, 0) is 29.6 Å². The summed E-state index contributed by atoms with van der Waals surface area (Å²) in [6.45, 7) is 4.75. The Morgan fingerprint density at radius 1 is 1.17 bits per heavy atom. The molecule has 0 saturated carbocycles. The van der Waals surface area contributed by atoms with Gasteiger partial charge in [-0.25, -0.2) is 4.98 Å². The maximum absolute atomic E-state index is 11.5. The molecule has 2 aromatic heterocycles. The fourth-order valence-corrected chi connectivity index (χ4v) is 4.10. The first-order valence-electron chi connectivity index (χ1n) is 7.70. The summed E-state index contributed by atoms with van der Waals surface area (Å²) in [5, 5.41) is 4.44. The van der Waals surface area contributed by atoms with Crippen LogP contribution in [0.2, 0.25) is 0 Å². The van der Waals surface area contributed by atoms with Gasteiger partial charge in [-0.3, -0.25) is 4.79 Å². The largest absolute Gasteiger partial charge is 0.399 e. The predicted molar refractivity (Wildman–Crippen MR) is 96.0 cm³/mol. The van der Waals surface area contributed by atoms with Crippen molar-refractivity contribution in [3.05, 3.63) is 29.6 Å². The number of piperazine rings is 1. The fraction of sp³-hybridized carbons (Fsp3) is 0.294. The number of hydrogen-bond donors (Lipinski definition) is 1. The van der Waals surface area contributed by atoms with Crippen LogP contribution < -0.4 is 10.6 Å². The highest BCUT2D eigenvalue weighted by molar-refractivity contribution is 7.18. The molecular weight excluding hydrogens is 308 g/mol. The number of thiophene rings is 1. The van der Waals surface area contributed by atoms with Gasteiger partial charge in [0.15, 0.2) is 0 Å². The van der Waals surface area contributed by atoms with Crippen molar-refractivity contribution in [2.24, 2.45) is 0 Å². The molecule has 0 bridgehead atoms. The monoisotopic (exact) mass is 326 g/mol. The minimum atomic E-state index is 0.143. The van der Waals surface area contributed by atoms with Gasteiger partial charge < -0.3 is 15.5 Å². The number of hydrogen-bond acceptors (Lipinski definition) is 5. The van der Waals surface area contributed by atoms with Crippen molar-refractivity contribution >= 4 is 49.7 Å². The van der Waals surface area contributed by atoms with E-state index in [1.54, 1.807) is 18.3 Å². The number of nitrogen functional groups attached to an aromatic ring is 1. The molecular formula is C17H18N4OS. The van der Waals surface area contributed by atoms with E-state index in [-0.39, 0.29) is 5.91 Å². The quantitative estimate of drug-likeness (QED) is 0.699. The Hall–Kier alpha value is -2.34. The Balaban J connectivity index is 1.79. The number of amides is 1. The fourth-order valence-electron chi connectivity index (χ4n) is 3.18. The zero-order valence-electron chi connectivity index (χ0n) is 13.0. The van der Waals surface area contributed by atoms with Crippen molar-refractivity contribution in [3.63, 3.8) is 0 Å². The Bertz CT molecular complexity index is 896. The van der Waals surface area contributed by atoms with E-state index in [9.17, 15) is 4.79 Å². The normalized spacial score (nSPS) is 15.5. The Morgan fingerprint density at radius 3 is 2.70 bits per heavy atom. The van der Waals surface area contributed by atoms with Gasteiger partial charge in [0.2, 0.25) is 5.91 Å². The van der Waals surface area contributed by atoms with Crippen LogP contribution in [0.3, 0.4) is 0 Å². The van der Waals surface area contributed by atoms with E-state index in [0.717, 1.165) is 48.6 Å². The molecule has 0 radical (unpaired) electrons. The van der Waals surface area contributed by atoms with Gasteiger partial charge in [0.25, 0.3) is 0 Å². The van der Waals surface area contributed by atoms with E-state index >= 15 is 0 Å². The third-order valence-corrected chi connectivity index (χ3v) is 5.37. The summed E-state index contributed by atoms with van der Waals surface area (Å²) in [6, 6.07) is 8.04. The number of nitrogens with two attached hydrogens (primary N) is 1. The third-order valence-electron chi connectivity index (χ3n) is 4.42. The second-order valence-electron chi connectivity index (χ2n) is 5.87. The SMILES string of the molecule is CC(=O)N1CCN(c2nc3cc(N)ccc3c3sccc23)CC1. The summed E-state index contributed by atoms with van der Waals surface area (Å²) in [5.74, 6) is 1.15. The van der Waals surface area contributed by atoms with Gasteiger partial charge in [-0.15, -0.1) is 11.3 Å². The van der Waals surface area contributed by atoms with Crippen molar-refractivity contribution < 1.29 is 4.79 Å². The number of nitrogens with zero attached hydrogens (tertiary/aromatic N) is 3. The lowest BCUT2D eigenvalue weighted by Crippen LogP contribution is -2.48. The van der Waals surface area contributed by atoms with Gasteiger partial charge in [0, 0.05) is 54.3 Å². The second kappa shape index (κ2) is 5.38. The van der Waals surface area contributed by atoms with Crippen molar-refractivity contribution in [2.45, 2.75) is 6.92 Å². The van der Waals surface area contributed by atoms with Gasteiger partial charge in [0.1, 0.15) is 5.82 Å². The highest BCUT2D eigenvalue weighted by Crippen LogP contribution is 2.36. The van der Waals surface area contributed by atoms with Crippen LogP contribution in [0.15, 0.2) is 29.6 Å². The Labute approximate surface area is 138 Å². The molecule has 1 amide bonds. The zero-order valence-corrected chi connectivity index (χ0v) is 13.8. The van der Waals surface area contributed by atoms with Crippen molar-refractivity contribution in [2.75, 3.05) is 36.8 Å². The molecule has 1 aromatic carbocycles. The first kappa shape index (κ1) is 14.3. The zero-order chi connectivity index (χ0) is 16.0. The topological polar surface area (TPSA) is 62.5 Å². The van der Waals surface area contributed by atoms with E-state index in [2.05, 4.69) is 16.3 Å². The van der Waals surface area contributed by atoms with Gasteiger partial charge in [0.05, 0.1) is 5.52 Å². The van der Waals surface area contributed by atoms with Gasteiger partial charge >= 0.3 is 0 Å². The maximum atomic E-state index is 11.5. The highest BCUT2D eigenvalue weighted by Gasteiger charge is 2.22. The number of pyridine rings is 1. The molecule has 3 aromatic rings. The lowest BCUT2D eigenvalue weighted by molar-refractivity contribution is -0.129. The summed E-state index contributed by atoms with van der Waals surface area (Å²) in [6.07, 6.45) is 0. The van der Waals surface area contributed by atoms with Crippen LogP contribution in [-0.4, -0.2) is 42.0 Å². The van der Waals surface area contributed by atoms with E-state index in [1.807, 2.05) is 23.1 Å². The molecule has 5 nitrogen and oxygen atoms in total. The molecule has 1 fully saturated rings. The molecule has 0 spiro atoms. The first-order valence-corrected chi connectivity index (χ1v) is 8.58. The number of fused-ring (bicyclic) bond motifs is 3. The highest BCUT2D eigenvalue weighted by atomic mass is 32.1. The average Bonchev–Trinajstić information content (AvgIpc) is 3.03. The molecule has 0 atom stereocenters. The lowest BCUT2D eigenvalue weighted by Gasteiger charge is -2.35. The maximum Gasteiger partial charge on any atom is 0.219 e. The number of carbonyl (C=O) groups is 1. The molecule has 1 aliphatic heterocycles. The van der Waals surface area contributed by atoms with Crippen LogP contribution in [0.25, 0.3) is 21.0 Å². The minimum Gasteiger partial charge on any atom is -0.399 e. The first-order chi connectivity index (χ1) is 11.1. The number of benzene rings is 1. The van der Waals surface area contributed by atoms with Crippen molar-refractivity contribution in [1.29, 1.82) is 0 Å². The van der Waals surface area contributed by atoms with Crippen LogP contribution >= 0.6 is 11.3 Å². The predicted octanol–water partition coefficient (Wildman–Crippen LogP) is 2.70. The van der Waals surface area contributed by atoms with Crippen LogP contribution in [-0.2, 0) is 4.79 Å². The molecule has 23 heavy (non-hydrogen) atoms. The van der Waals surface area contributed by atoms with E-state index in [0.29, 0.717) is 0 Å². The summed E-state index contributed by atoms with van der Waals surface area (Å²) in [5.41, 5.74) is 7.59. The van der Waals surface area contributed by atoms with E-state index in [1.165, 1.54) is 10.1 Å². The number of rotatable bonds is 1. The molecule has 0 unspecified atom stereocenters. The second-order valence-corrected chi connectivity index (χ2v) is 6.78. The molecule has 118 valence electrons. The van der Waals surface area contributed by atoms with Gasteiger partial charge in [-0.2, -0.15) is 0 Å². The van der Waals surface area contributed by atoms with Crippen LogP contribution in [0, 0.1) is 0 Å². The molecule has 6 heteroatoms. The summed E-state index contributed by atoms with van der Waals surface area (Å²) in [4.78, 5) is 20.5. The lowest BCUT2D eigenvalue weighted by atomic mass is 10.1. The Morgan fingerprint density at radius 2 is 1.96 bits per heavy atom. The number of anilines is 2. The van der Waals surface area contributed by atoms with Crippen molar-refractivity contribution in [3.8, 4) is 0 Å². The molecule has 0 aliphatic carbocycles. The average molecular weight is 326 g/mol. The number of carbonyl (C=O) groups excluding carboxylic acids is 1. The van der Waals surface area contributed by atoms with Crippen LogP contribution in [0.5, 0.6) is 0 Å². The minimum absolute atomic E-state index is 0.143. The van der Waals surface area contributed by atoms with E-state index in [4.69, 9.17) is 10.7 Å². The summed E-state index contributed by atoms with van der Waals surface area (Å²) in [7, 11) is 0. The standard InChI is InChI=1S/C17H18N4OS/c1-11(22)20-5-7-21(8-6-20)17-14-4-9-23-16(14)13-3-2-12(18)10-15(13)19-17/h2-4,9-10H,5-8,18H2,1H3. The Kier molecular flexibility index (Phi) is 3.34.